The molecule has 0 aromatic carbocycles. The average molecular weight is 295 g/mol. The molecule has 0 radical (unpaired) electrons. The van der Waals surface area contributed by atoms with Gasteiger partial charge in [0.25, 0.3) is 0 Å². The number of Topliss-reactive ketones (excluding diaryl/α,β-unsaturated/α-hetero) is 2. The fourth-order valence-electron chi connectivity index (χ4n) is 1.55. The van der Waals surface area contributed by atoms with Gasteiger partial charge in [-0.25, -0.2) is 0 Å². The summed E-state index contributed by atoms with van der Waals surface area (Å²) in [7, 11) is 2.52. The molecule has 0 N–H and O–H groups in total. The van der Waals surface area contributed by atoms with Gasteiger partial charge in [0, 0.05) is 31.5 Å². The molecule has 0 saturated heterocycles. The Bertz CT molecular complexity index is 458. The Hall–Kier alpha value is -2.08. The third kappa shape index (κ3) is 6.27. The minimum Gasteiger partial charge on any atom is -0.468 e. The Balaban J connectivity index is 0.00000191. The lowest BCUT2D eigenvalue weighted by Crippen LogP contribution is -2.30. The van der Waals surface area contributed by atoms with E-state index in [1.807, 2.05) is 13.8 Å². The zero-order valence-corrected chi connectivity index (χ0v) is 12.8. The molecule has 6 nitrogen and oxygen atoms in total. The monoisotopic (exact) mass is 295 g/mol. The number of aromatic nitrogens is 1. The maximum atomic E-state index is 12.0. The number of hydrogen-bond donors (Lipinski definition) is 0. The van der Waals surface area contributed by atoms with Crippen LogP contribution < -0.4 is 0 Å². The van der Waals surface area contributed by atoms with Crippen LogP contribution in [0.4, 0.5) is 0 Å². The van der Waals surface area contributed by atoms with Crippen molar-refractivity contribution in [2.75, 3.05) is 20.8 Å². The van der Waals surface area contributed by atoms with Crippen molar-refractivity contribution in [1.29, 1.82) is 0 Å². The van der Waals surface area contributed by atoms with Gasteiger partial charge in [0.2, 0.25) is 0 Å². The van der Waals surface area contributed by atoms with Crippen LogP contribution in [0.1, 0.15) is 30.6 Å². The van der Waals surface area contributed by atoms with Crippen LogP contribution in [-0.2, 0) is 19.1 Å². The molecule has 6 heteroatoms. The molecular weight excluding hydrogens is 274 g/mol. The average Bonchev–Trinajstić information content (AvgIpc) is 2.54. The standard InChI is InChI=1S/C13H15NO5.C2H6/c1-18-8-12(16)10(13(17)19-2)7-11(15)9-3-5-14-6-4-9;1-2/h3-6,10H,7-8H2,1-2H3;1-2H3. The van der Waals surface area contributed by atoms with Gasteiger partial charge in [-0.15, -0.1) is 0 Å². The number of ether oxygens (including phenoxy) is 2. The van der Waals surface area contributed by atoms with Gasteiger partial charge in [-0.3, -0.25) is 19.4 Å². The van der Waals surface area contributed by atoms with Crippen LogP contribution in [0.2, 0.25) is 0 Å². The first kappa shape index (κ1) is 18.9. The number of pyridine rings is 1. The number of carbonyl (C=O) groups is 3. The number of esters is 1. The van der Waals surface area contributed by atoms with Crippen molar-refractivity contribution >= 4 is 17.5 Å². The van der Waals surface area contributed by atoms with Crippen LogP contribution in [0.3, 0.4) is 0 Å². The quantitative estimate of drug-likeness (QED) is 0.432. The van der Waals surface area contributed by atoms with Gasteiger partial charge in [0.05, 0.1) is 7.11 Å². The van der Waals surface area contributed by atoms with E-state index in [4.69, 9.17) is 0 Å². The summed E-state index contributed by atoms with van der Waals surface area (Å²) >= 11 is 0. The Morgan fingerprint density at radius 1 is 1.14 bits per heavy atom. The van der Waals surface area contributed by atoms with E-state index in [0.717, 1.165) is 0 Å². The molecule has 0 bridgehead atoms. The van der Waals surface area contributed by atoms with Crippen molar-refractivity contribution in [3.8, 4) is 0 Å². The lowest BCUT2D eigenvalue weighted by molar-refractivity contribution is -0.150. The highest BCUT2D eigenvalue weighted by Gasteiger charge is 2.30. The van der Waals surface area contributed by atoms with Crippen molar-refractivity contribution < 1.29 is 23.9 Å². The molecule has 1 rings (SSSR count). The molecule has 0 amide bonds. The van der Waals surface area contributed by atoms with E-state index in [-0.39, 0.29) is 18.8 Å². The fourth-order valence-corrected chi connectivity index (χ4v) is 1.55. The van der Waals surface area contributed by atoms with Gasteiger partial charge >= 0.3 is 5.97 Å². The summed E-state index contributed by atoms with van der Waals surface area (Å²) in [4.78, 5) is 39.0. The van der Waals surface area contributed by atoms with E-state index in [0.29, 0.717) is 5.56 Å². The maximum absolute atomic E-state index is 12.0. The smallest absolute Gasteiger partial charge is 0.316 e. The number of carbonyl (C=O) groups excluding carboxylic acids is 3. The summed E-state index contributed by atoms with van der Waals surface area (Å²) < 4.78 is 9.22. The van der Waals surface area contributed by atoms with E-state index >= 15 is 0 Å². The molecule has 1 heterocycles. The van der Waals surface area contributed by atoms with Crippen LogP contribution in [0, 0.1) is 5.92 Å². The number of ketones is 2. The summed E-state index contributed by atoms with van der Waals surface area (Å²) in [5.41, 5.74) is 0.397. The minimum absolute atomic E-state index is 0.233. The van der Waals surface area contributed by atoms with E-state index in [1.165, 1.54) is 38.7 Å². The highest BCUT2D eigenvalue weighted by Crippen LogP contribution is 2.13. The molecular formula is C15H21NO5. The number of nitrogens with zero attached hydrogens (tertiary/aromatic N) is 1. The molecule has 1 aromatic heterocycles. The molecule has 21 heavy (non-hydrogen) atoms. The van der Waals surface area contributed by atoms with E-state index < -0.39 is 17.7 Å². The summed E-state index contributed by atoms with van der Waals surface area (Å²) in [6, 6.07) is 3.05. The molecule has 1 aromatic rings. The topological polar surface area (TPSA) is 82.6 Å². The highest BCUT2D eigenvalue weighted by molar-refractivity contribution is 6.06. The molecule has 116 valence electrons. The minimum atomic E-state index is -1.13. The van der Waals surface area contributed by atoms with E-state index in [2.05, 4.69) is 14.5 Å². The van der Waals surface area contributed by atoms with Gasteiger partial charge in [-0.05, 0) is 12.1 Å². The molecule has 1 atom stereocenters. The zero-order chi connectivity index (χ0) is 16.3. The van der Waals surface area contributed by atoms with Crippen molar-refractivity contribution in [1.82, 2.24) is 4.98 Å². The lowest BCUT2D eigenvalue weighted by atomic mass is 9.95. The largest absolute Gasteiger partial charge is 0.468 e. The van der Waals surface area contributed by atoms with E-state index in [9.17, 15) is 14.4 Å². The van der Waals surface area contributed by atoms with Crippen LogP contribution in [0.25, 0.3) is 0 Å². The van der Waals surface area contributed by atoms with Crippen molar-refractivity contribution in [3.05, 3.63) is 30.1 Å². The SMILES string of the molecule is CC.COCC(=O)C(CC(=O)c1ccncc1)C(=O)OC. The van der Waals surface area contributed by atoms with Crippen molar-refractivity contribution in [2.45, 2.75) is 20.3 Å². The molecule has 0 aliphatic rings. The predicted octanol–water partition coefficient (Wildman–Crippen LogP) is 1.69. The molecule has 0 aliphatic carbocycles. The lowest BCUT2D eigenvalue weighted by Gasteiger charge is -2.12. The van der Waals surface area contributed by atoms with Gasteiger partial charge in [0.15, 0.2) is 11.6 Å². The maximum Gasteiger partial charge on any atom is 0.316 e. The van der Waals surface area contributed by atoms with Crippen LogP contribution in [-0.4, -0.2) is 43.3 Å². The first-order valence-electron chi connectivity index (χ1n) is 6.62. The molecule has 1 unspecified atom stereocenters. The Kier molecular flexibility index (Phi) is 9.62. The molecule has 0 saturated carbocycles. The zero-order valence-electron chi connectivity index (χ0n) is 12.8. The summed E-state index contributed by atoms with van der Waals surface area (Å²) in [6.45, 7) is 3.77. The van der Waals surface area contributed by atoms with E-state index in [1.54, 1.807) is 0 Å². The van der Waals surface area contributed by atoms with Crippen LogP contribution in [0.5, 0.6) is 0 Å². The third-order valence-corrected chi connectivity index (χ3v) is 2.55. The second-order valence-electron chi connectivity index (χ2n) is 3.84. The first-order valence-corrected chi connectivity index (χ1v) is 6.62. The van der Waals surface area contributed by atoms with Crippen molar-refractivity contribution in [3.63, 3.8) is 0 Å². The second kappa shape index (κ2) is 10.7. The second-order valence-corrected chi connectivity index (χ2v) is 3.84. The Labute approximate surface area is 124 Å². The van der Waals surface area contributed by atoms with Crippen LogP contribution in [0.15, 0.2) is 24.5 Å². The summed E-state index contributed by atoms with van der Waals surface area (Å²) in [6.07, 6.45) is 2.70. The van der Waals surface area contributed by atoms with Gasteiger partial charge in [-0.2, -0.15) is 0 Å². The first-order chi connectivity index (χ1) is 10.1. The van der Waals surface area contributed by atoms with Crippen LogP contribution >= 0.6 is 0 Å². The number of methoxy groups -OCH3 is 2. The molecule has 0 fully saturated rings. The number of rotatable bonds is 7. The normalized spacial score (nSPS) is 10.9. The van der Waals surface area contributed by atoms with Gasteiger partial charge in [0.1, 0.15) is 12.5 Å². The molecule has 0 spiro atoms. The predicted molar refractivity (Wildman–Crippen MR) is 76.9 cm³/mol. The van der Waals surface area contributed by atoms with Gasteiger partial charge < -0.3 is 9.47 Å². The summed E-state index contributed by atoms with van der Waals surface area (Å²) in [5, 5.41) is 0. The number of hydrogen-bond acceptors (Lipinski definition) is 6. The Morgan fingerprint density at radius 3 is 2.19 bits per heavy atom. The Morgan fingerprint density at radius 2 is 1.71 bits per heavy atom. The third-order valence-electron chi connectivity index (χ3n) is 2.55. The summed E-state index contributed by atoms with van der Waals surface area (Å²) in [5.74, 6) is -2.66. The fraction of sp³-hybridized carbons (Fsp3) is 0.467. The van der Waals surface area contributed by atoms with Crippen molar-refractivity contribution in [2.24, 2.45) is 5.92 Å². The van der Waals surface area contributed by atoms with Gasteiger partial charge in [-0.1, -0.05) is 13.8 Å². The molecule has 0 aliphatic heterocycles. The highest BCUT2D eigenvalue weighted by atomic mass is 16.5.